The van der Waals surface area contributed by atoms with Crippen LogP contribution in [0.5, 0.6) is 0 Å². The predicted molar refractivity (Wildman–Crippen MR) is 157 cm³/mol. The quantitative estimate of drug-likeness (QED) is 0.167. The molecule has 0 aliphatic heterocycles. The number of benzene rings is 2. The van der Waals surface area contributed by atoms with Crippen LogP contribution in [-0.4, -0.2) is 55.6 Å². The molecule has 0 radical (unpaired) electrons. The predicted octanol–water partition coefficient (Wildman–Crippen LogP) is 6.85. The molecular weight excluding hydrogens is 490 g/mol. The van der Waals surface area contributed by atoms with E-state index in [4.69, 9.17) is 9.47 Å². The largest absolute Gasteiger partial charge is 0.463 e. The van der Waals surface area contributed by atoms with E-state index in [1.807, 2.05) is 110 Å². The van der Waals surface area contributed by atoms with E-state index >= 15 is 0 Å². The number of hydrogen-bond donors (Lipinski definition) is 0. The van der Waals surface area contributed by atoms with Gasteiger partial charge in [-0.2, -0.15) is 0 Å². The van der Waals surface area contributed by atoms with Crippen LogP contribution < -0.4 is 0 Å². The molecule has 0 N–H and O–H groups in total. The van der Waals surface area contributed by atoms with Gasteiger partial charge in [-0.1, -0.05) is 68.4 Å². The zero-order chi connectivity index (χ0) is 29.9. The lowest BCUT2D eigenvalue weighted by atomic mass is 9.91. The molecule has 0 unspecified atom stereocenters. The zero-order valence-electron chi connectivity index (χ0n) is 25.8. The molecule has 2 aromatic carbocycles. The number of carbonyl (C=O) groups excluding carboxylic acids is 3. The van der Waals surface area contributed by atoms with Gasteiger partial charge >= 0.3 is 11.9 Å². The maximum atomic E-state index is 12.5. The number of esters is 2. The van der Waals surface area contributed by atoms with Crippen molar-refractivity contribution in [2.45, 2.75) is 80.9 Å². The van der Waals surface area contributed by atoms with Crippen LogP contribution in [-0.2, 0) is 25.6 Å². The molecule has 0 spiro atoms. The Hall–Kier alpha value is -2.99. The molecule has 2 rings (SSSR count). The fourth-order valence-corrected chi connectivity index (χ4v) is 3.33. The Balaban J connectivity index is 0.000000584. The summed E-state index contributed by atoms with van der Waals surface area (Å²) in [7, 11) is 4.23. The minimum Gasteiger partial charge on any atom is -0.463 e. The molecule has 0 heterocycles. The van der Waals surface area contributed by atoms with Crippen molar-refractivity contribution in [1.29, 1.82) is 0 Å². The van der Waals surface area contributed by atoms with Gasteiger partial charge in [0.25, 0.3) is 0 Å². The normalized spacial score (nSPS) is 11.9. The van der Waals surface area contributed by atoms with E-state index < -0.39 is 5.41 Å². The van der Waals surface area contributed by atoms with Crippen LogP contribution >= 0.6 is 0 Å². The summed E-state index contributed by atoms with van der Waals surface area (Å²) in [6, 6.07) is 17.1. The van der Waals surface area contributed by atoms with Crippen LogP contribution in [0.2, 0.25) is 0 Å². The highest BCUT2D eigenvalue weighted by Crippen LogP contribution is 2.22. The summed E-state index contributed by atoms with van der Waals surface area (Å²) in [5.74, 6) is -0.208. The number of rotatable bonds is 12. The molecule has 6 heteroatoms. The Kier molecular flexibility index (Phi) is 13.1. The van der Waals surface area contributed by atoms with Gasteiger partial charge < -0.3 is 14.0 Å². The SMILES string of the molecule is CCC(C)(C)C(=O)OC(C)C.CCC(C)(C)C(=O)OCC[N+](C)(C)Cc1ccc(C(=O)c2ccccc2)cc1. The van der Waals surface area contributed by atoms with Crippen molar-refractivity contribution in [3.63, 3.8) is 0 Å². The lowest BCUT2D eigenvalue weighted by Gasteiger charge is -2.30. The molecule has 0 aliphatic rings. The number of hydrogen-bond acceptors (Lipinski definition) is 5. The third-order valence-electron chi connectivity index (χ3n) is 7.01. The van der Waals surface area contributed by atoms with E-state index in [0.717, 1.165) is 31.5 Å². The molecule has 0 amide bonds. The van der Waals surface area contributed by atoms with Gasteiger partial charge in [0.05, 0.1) is 31.0 Å². The van der Waals surface area contributed by atoms with Gasteiger partial charge in [0.2, 0.25) is 0 Å². The highest BCUT2D eigenvalue weighted by Gasteiger charge is 2.28. The Morgan fingerprint density at radius 2 is 1.26 bits per heavy atom. The summed E-state index contributed by atoms with van der Waals surface area (Å²) >= 11 is 0. The van der Waals surface area contributed by atoms with E-state index in [1.54, 1.807) is 0 Å². The van der Waals surface area contributed by atoms with Gasteiger partial charge in [-0.25, -0.2) is 0 Å². The first kappa shape index (κ1) is 34.0. The third-order valence-corrected chi connectivity index (χ3v) is 7.01. The first-order valence-corrected chi connectivity index (χ1v) is 13.9. The van der Waals surface area contributed by atoms with Crippen molar-refractivity contribution in [1.82, 2.24) is 0 Å². The van der Waals surface area contributed by atoms with Crippen molar-refractivity contribution >= 4 is 17.7 Å². The van der Waals surface area contributed by atoms with Gasteiger partial charge in [-0.3, -0.25) is 14.4 Å². The number of likely N-dealkylation sites (N-methyl/N-ethyl adjacent to an activating group) is 1. The second kappa shape index (κ2) is 15.0. The molecule has 216 valence electrons. The minimum atomic E-state index is -0.432. The van der Waals surface area contributed by atoms with Crippen LogP contribution in [0.4, 0.5) is 0 Å². The Labute approximate surface area is 236 Å². The van der Waals surface area contributed by atoms with Crippen molar-refractivity contribution in [3.05, 3.63) is 71.3 Å². The monoisotopic (exact) mass is 540 g/mol. The van der Waals surface area contributed by atoms with E-state index in [1.165, 1.54) is 0 Å². The number of nitrogens with zero attached hydrogens (tertiary/aromatic N) is 1. The topological polar surface area (TPSA) is 69.7 Å². The molecule has 0 aromatic heterocycles. The maximum Gasteiger partial charge on any atom is 0.311 e. The fourth-order valence-electron chi connectivity index (χ4n) is 3.33. The van der Waals surface area contributed by atoms with Crippen LogP contribution in [0.25, 0.3) is 0 Å². The summed E-state index contributed by atoms with van der Waals surface area (Å²) in [6.45, 7) is 17.3. The molecule has 0 aliphatic carbocycles. The van der Waals surface area contributed by atoms with Crippen LogP contribution in [0.15, 0.2) is 54.6 Å². The molecule has 39 heavy (non-hydrogen) atoms. The van der Waals surface area contributed by atoms with E-state index in [2.05, 4.69) is 14.1 Å². The minimum absolute atomic E-state index is 0.00618. The van der Waals surface area contributed by atoms with Crippen molar-refractivity contribution in [2.24, 2.45) is 10.8 Å². The van der Waals surface area contributed by atoms with Gasteiger partial charge in [0.1, 0.15) is 19.7 Å². The number of carbonyl (C=O) groups is 3. The van der Waals surface area contributed by atoms with Crippen LogP contribution in [0, 0.1) is 10.8 Å². The highest BCUT2D eigenvalue weighted by molar-refractivity contribution is 6.08. The Morgan fingerprint density at radius 3 is 1.74 bits per heavy atom. The fraction of sp³-hybridized carbons (Fsp3) is 0.545. The van der Waals surface area contributed by atoms with E-state index in [9.17, 15) is 14.4 Å². The Morgan fingerprint density at radius 1 is 0.769 bits per heavy atom. The summed E-state index contributed by atoms with van der Waals surface area (Å²) in [4.78, 5) is 35.9. The number of ether oxygens (including phenoxy) is 2. The van der Waals surface area contributed by atoms with Crippen LogP contribution in [0.3, 0.4) is 0 Å². The van der Waals surface area contributed by atoms with Gasteiger partial charge in [0, 0.05) is 16.7 Å². The molecule has 0 atom stereocenters. The lowest BCUT2D eigenvalue weighted by molar-refractivity contribution is -0.903. The average Bonchev–Trinajstić information content (AvgIpc) is 2.88. The molecule has 0 saturated carbocycles. The zero-order valence-corrected chi connectivity index (χ0v) is 25.8. The molecule has 2 aromatic rings. The van der Waals surface area contributed by atoms with Crippen LogP contribution in [0.1, 0.15) is 89.7 Å². The first-order valence-electron chi connectivity index (χ1n) is 13.9. The molecule has 6 nitrogen and oxygen atoms in total. The van der Waals surface area contributed by atoms with Gasteiger partial charge in [-0.05, 0) is 54.4 Å². The number of ketones is 1. The van der Waals surface area contributed by atoms with E-state index in [0.29, 0.717) is 22.2 Å². The second-order valence-corrected chi connectivity index (χ2v) is 12.3. The molecular formula is C33H50NO5+. The first-order chi connectivity index (χ1) is 18.0. The highest BCUT2D eigenvalue weighted by atomic mass is 16.5. The lowest BCUT2D eigenvalue weighted by Crippen LogP contribution is -2.42. The Bertz CT molecular complexity index is 1050. The summed E-state index contributed by atoms with van der Waals surface area (Å²) < 4.78 is 11.2. The van der Waals surface area contributed by atoms with Crippen molar-refractivity contribution < 1.29 is 28.3 Å². The van der Waals surface area contributed by atoms with Crippen molar-refractivity contribution in [2.75, 3.05) is 27.2 Å². The summed E-state index contributed by atoms with van der Waals surface area (Å²) in [5.41, 5.74) is 1.77. The van der Waals surface area contributed by atoms with Gasteiger partial charge in [-0.15, -0.1) is 0 Å². The smallest absolute Gasteiger partial charge is 0.311 e. The van der Waals surface area contributed by atoms with Gasteiger partial charge in [0.15, 0.2) is 5.78 Å². The second-order valence-electron chi connectivity index (χ2n) is 12.3. The van der Waals surface area contributed by atoms with Crippen molar-refractivity contribution in [3.8, 4) is 0 Å². The molecule has 0 bridgehead atoms. The summed E-state index contributed by atoms with van der Waals surface area (Å²) in [6.07, 6.45) is 1.57. The van der Waals surface area contributed by atoms with E-state index in [-0.39, 0.29) is 29.2 Å². The molecule has 0 saturated heterocycles. The average molecular weight is 541 g/mol. The third kappa shape index (κ3) is 11.7. The standard InChI is InChI=1S/C24H32NO3.C9H18O2/c1-6-24(2,3)23(27)28-17-16-25(4,5)18-19-12-14-21(15-13-19)22(26)20-10-8-7-9-11-20;1-6-9(4,5)8(10)11-7(2)3/h7-15H,6,16-18H2,1-5H3;7H,6H2,1-5H3/q+1;. The maximum absolute atomic E-state index is 12.5. The molecule has 0 fully saturated rings. The summed E-state index contributed by atoms with van der Waals surface area (Å²) in [5, 5.41) is 0. The number of quaternary nitrogens is 1.